The summed E-state index contributed by atoms with van der Waals surface area (Å²) in [6.07, 6.45) is 8.28. The van der Waals surface area contributed by atoms with Crippen molar-refractivity contribution in [2.24, 2.45) is 5.92 Å². The van der Waals surface area contributed by atoms with Crippen LogP contribution in [0.5, 0.6) is 6.01 Å². The molecule has 5 heterocycles. The van der Waals surface area contributed by atoms with Crippen molar-refractivity contribution in [3.8, 4) is 16.6 Å². The summed E-state index contributed by atoms with van der Waals surface area (Å²) in [6, 6.07) is 4.69. The summed E-state index contributed by atoms with van der Waals surface area (Å²) in [5.74, 6) is -1.64. The first-order valence-electron chi connectivity index (χ1n) is 20.8. The zero-order valence-corrected chi connectivity index (χ0v) is 36.9. The molecule has 4 aliphatic rings. The number of benzene rings is 1. The van der Waals surface area contributed by atoms with Crippen molar-refractivity contribution in [2.75, 3.05) is 11.9 Å². The Bertz CT molecular complexity index is 2380. The van der Waals surface area contributed by atoms with Crippen LogP contribution in [0.15, 0.2) is 46.8 Å². The van der Waals surface area contributed by atoms with Crippen molar-refractivity contribution in [1.29, 1.82) is 0 Å². The maximum atomic E-state index is 14.8. The summed E-state index contributed by atoms with van der Waals surface area (Å²) in [7, 11) is -3.98. The number of aromatic nitrogens is 4. The van der Waals surface area contributed by atoms with Gasteiger partial charge in [-0.15, -0.1) is 22.7 Å². The Morgan fingerprint density at radius 1 is 1.08 bits per heavy atom. The maximum Gasteiger partial charge on any atom is 0.297 e. The Kier molecular flexibility index (Phi) is 11.2. The van der Waals surface area contributed by atoms with E-state index in [0.29, 0.717) is 30.4 Å². The molecule has 2 aliphatic carbocycles. The minimum atomic E-state index is -3.98. The van der Waals surface area contributed by atoms with Gasteiger partial charge in [0, 0.05) is 40.9 Å². The Hall–Kier alpha value is -4.35. The summed E-state index contributed by atoms with van der Waals surface area (Å²) in [6.45, 7) is 12.0. The fraction of sp³-hybridized carbons (Fsp3) is 0.571. The Balaban J connectivity index is 1.14. The van der Waals surface area contributed by atoms with Crippen molar-refractivity contribution in [3.63, 3.8) is 0 Å². The molecule has 5 atom stereocenters. The van der Waals surface area contributed by atoms with Gasteiger partial charge in [0.25, 0.3) is 11.9 Å². The van der Waals surface area contributed by atoms with Crippen molar-refractivity contribution >= 4 is 66.6 Å². The number of fused-ring (bicyclic) bond motifs is 3. The minimum absolute atomic E-state index is 0.0351. The van der Waals surface area contributed by atoms with Gasteiger partial charge in [-0.1, -0.05) is 44.4 Å². The number of allylic oxidation sites excluding steroid dienone is 1. The lowest BCUT2D eigenvalue weighted by Gasteiger charge is -2.30. The van der Waals surface area contributed by atoms with Crippen molar-refractivity contribution < 1.29 is 27.5 Å². The highest BCUT2D eigenvalue weighted by atomic mass is 32.2. The van der Waals surface area contributed by atoms with Crippen molar-refractivity contribution in [3.05, 3.63) is 52.5 Å². The predicted octanol–water partition coefficient (Wildman–Crippen LogP) is 6.93. The number of anilines is 1. The van der Waals surface area contributed by atoms with Gasteiger partial charge in [0.1, 0.15) is 34.3 Å². The SMILES string of the molecule is C/C1=C/CCCCC[C@H](Nc2nccs2)C(=O)N2C[C@H](Oc3nc4c(-c5nc(C(C)C)cs5)cccc4n3C(C)C)C[C@H]2C(=O)N[C@]2(C(=O)NS(=O)(=O)C3(C)CC3)C[C@@H]12. The third-order valence-electron chi connectivity index (χ3n) is 12.5. The number of nitrogens with zero attached hydrogens (tertiary/aromatic N) is 5. The fourth-order valence-corrected chi connectivity index (χ4v) is 11.3. The van der Waals surface area contributed by atoms with Gasteiger partial charge >= 0.3 is 0 Å². The van der Waals surface area contributed by atoms with Crippen LogP contribution in [0.2, 0.25) is 0 Å². The van der Waals surface area contributed by atoms with Gasteiger partial charge in [0.05, 0.1) is 22.5 Å². The number of amides is 3. The second-order valence-electron chi connectivity index (χ2n) is 17.5. The van der Waals surface area contributed by atoms with E-state index in [1.165, 1.54) is 11.3 Å². The van der Waals surface area contributed by atoms with Crippen LogP contribution in [-0.2, 0) is 24.4 Å². The molecule has 0 bridgehead atoms. The number of para-hydroxylation sites is 1. The second-order valence-corrected chi connectivity index (χ2v) is 21.4. The van der Waals surface area contributed by atoms with Crippen LogP contribution >= 0.6 is 22.7 Å². The number of hydrogen-bond donors (Lipinski definition) is 3. The van der Waals surface area contributed by atoms with E-state index in [4.69, 9.17) is 14.7 Å². The molecule has 0 spiro atoms. The lowest BCUT2D eigenvalue weighted by molar-refractivity contribution is -0.140. The highest BCUT2D eigenvalue weighted by molar-refractivity contribution is 7.91. The first kappa shape index (κ1) is 41.4. The smallest absolute Gasteiger partial charge is 0.297 e. The standard InChI is InChI=1S/C42H54N8O6S3/c1-24(2)31-23-58-36(44-31)28-13-11-15-32-34(28)46-40(50(32)25(3)4)56-27-20-33-35(51)47-42(38(53)48-59(54,55)41(6)16-17-41)21-29(42)26(5)12-9-7-8-10-14-30(37(52)49(33)22-27)45-39-43-18-19-57-39/h11-13,15,18-19,23-25,27,29-30,33H,7-10,14,16-17,20-22H2,1-6H3,(H,43,45)(H,47,51)(H,48,53)/b26-12-/t27-,29+,30+,33+,42-/m1/s1. The number of nitrogens with one attached hydrogen (secondary N) is 3. The number of hydrogen-bond acceptors (Lipinski definition) is 12. The zero-order valence-electron chi connectivity index (χ0n) is 34.5. The molecular weight excluding hydrogens is 809 g/mol. The third kappa shape index (κ3) is 8.01. The van der Waals surface area contributed by atoms with Crippen LogP contribution in [0.1, 0.15) is 117 Å². The van der Waals surface area contributed by atoms with E-state index in [-0.39, 0.29) is 43.2 Å². The summed E-state index contributed by atoms with van der Waals surface area (Å²) in [5.41, 5.74) is 3.01. The topological polar surface area (TPSA) is 178 Å². The number of imidazole rings is 1. The molecular formula is C42H54N8O6S3. The first-order chi connectivity index (χ1) is 28.1. The molecule has 3 fully saturated rings. The van der Waals surface area contributed by atoms with Crippen LogP contribution in [0.3, 0.4) is 0 Å². The lowest BCUT2D eigenvalue weighted by Crippen LogP contribution is -2.58. The average Bonchev–Trinajstić information content (AvgIpc) is 3.70. The molecule has 4 aromatic rings. The summed E-state index contributed by atoms with van der Waals surface area (Å²) >= 11 is 2.98. The second kappa shape index (κ2) is 15.9. The van der Waals surface area contributed by atoms with Gasteiger partial charge in [0.2, 0.25) is 21.8 Å². The van der Waals surface area contributed by atoms with E-state index in [1.807, 2.05) is 35.1 Å². The van der Waals surface area contributed by atoms with Gasteiger partial charge < -0.3 is 20.3 Å². The first-order valence-corrected chi connectivity index (χ1v) is 24.0. The molecule has 316 valence electrons. The third-order valence-corrected chi connectivity index (χ3v) is 16.2. The fourth-order valence-electron chi connectivity index (χ4n) is 8.44. The number of sulfonamides is 1. The van der Waals surface area contributed by atoms with Crippen LogP contribution < -0.4 is 20.1 Å². The van der Waals surface area contributed by atoms with Crippen LogP contribution in [0.25, 0.3) is 21.6 Å². The Morgan fingerprint density at radius 3 is 2.58 bits per heavy atom. The highest BCUT2D eigenvalue weighted by Gasteiger charge is 2.64. The van der Waals surface area contributed by atoms with E-state index < -0.39 is 50.3 Å². The molecule has 0 unspecified atom stereocenters. The quantitative estimate of drug-likeness (QED) is 0.142. The molecule has 8 rings (SSSR count). The molecule has 17 heteroatoms. The molecule has 14 nitrogen and oxygen atoms in total. The van der Waals surface area contributed by atoms with Gasteiger partial charge in [-0.05, 0) is 84.3 Å². The molecule has 1 aromatic carbocycles. The number of thiazole rings is 2. The minimum Gasteiger partial charge on any atom is -0.459 e. The molecule has 3 aromatic heterocycles. The van der Waals surface area contributed by atoms with E-state index in [9.17, 15) is 22.8 Å². The normalized spacial score (nSPS) is 27.0. The van der Waals surface area contributed by atoms with E-state index in [1.54, 1.807) is 29.4 Å². The Morgan fingerprint density at radius 2 is 1.88 bits per heavy atom. The summed E-state index contributed by atoms with van der Waals surface area (Å²) in [5, 5.41) is 11.8. The molecule has 3 N–H and O–H groups in total. The van der Waals surface area contributed by atoms with Gasteiger partial charge in [-0.3, -0.25) is 23.7 Å². The summed E-state index contributed by atoms with van der Waals surface area (Å²) < 4.78 is 36.8. The van der Waals surface area contributed by atoms with Crippen molar-refractivity contribution in [1.82, 2.24) is 34.5 Å². The predicted molar refractivity (Wildman–Crippen MR) is 230 cm³/mol. The number of rotatable bonds is 10. The lowest BCUT2D eigenvalue weighted by atomic mass is 10.0. The van der Waals surface area contributed by atoms with Crippen LogP contribution in [0, 0.1) is 5.92 Å². The van der Waals surface area contributed by atoms with Crippen molar-refractivity contribution in [2.45, 2.75) is 140 Å². The Labute approximate surface area is 353 Å². The number of carbonyl (C=O) groups excluding carboxylic acids is 3. The van der Waals surface area contributed by atoms with E-state index >= 15 is 0 Å². The van der Waals surface area contributed by atoms with Crippen LogP contribution in [-0.4, -0.2) is 85.6 Å². The van der Waals surface area contributed by atoms with Gasteiger partial charge in [-0.2, -0.15) is 4.98 Å². The van der Waals surface area contributed by atoms with E-state index in [2.05, 4.69) is 59.5 Å². The highest BCUT2D eigenvalue weighted by Crippen LogP contribution is 2.50. The number of carbonyl (C=O) groups is 3. The average molecular weight is 863 g/mol. The van der Waals surface area contributed by atoms with Gasteiger partial charge in [-0.25, -0.2) is 18.4 Å². The monoisotopic (exact) mass is 862 g/mol. The molecule has 59 heavy (non-hydrogen) atoms. The number of ether oxygens (including phenoxy) is 1. The molecule has 0 radical (unpaired) electrons. The molecule has 2 aliphatic heterocycles. The van der Waals surface area contributed by atoms with Crippen LogP contribution in [0.4, 0.5) is 5.13 Å². The van der Waals surface area contributed by atoms with Gasteiger partial charge in [0.15, 0.2) is 5.13 Å². The maximum absolute atomic E-state index is 14.8. The van der Waals surface area contributed by atoms with E-state index in [0.717, 1.165) is 58.6 Å². The molecule has 1 saturated heterocycles. The molecule has 3 amide bonds. The molecule has 2 saturated carbocycles. The summed E-state index contributed by atoms with van der Waals surface area (Å²) in [4.78, 5) is 59.5. The largest absolute Gasteiger partial charge is 0.459 e. The zero-order chi connectivity index (χ0) is 41.9.